The van der Waals surface area contributed by atoms with Crippen molar-refractivity contribution in [3.63, 3.8) is 0 Å². The molecule has 152 valence electrons. The van der Waals surface area contributed by atoms with Gasteiger partial charge in [0.15, 0.2) is 4.80 Å². The van der Waals surface area contributed by atoms with Gasteiger partial charge in [-0.25, -0.2) is 12.7 Å². The van der Waals surface area contributed by atoms with Crippen LogP contribution >= 0.6 is 11.3 Å². The Hall–Kier alpha value is -2.55. The highest BCUT2D eigenvalue weighted by atomic mass is 32.2. The van der Waals surface area contributed by atoms with Crippen molar-refractivity contribution >= 4 is 37.5 Å². The molecule has 0 fully saturated rings. The number of sulfonamides is 1. The number of carbonyl (C=O) groups is 1. The van der Waals surface area contributed by atoms with E-state index in [0.29, 0.717) is 16.9 Å². The lowest BCUT2D eigenvalue weighted by atomic mass is 10.1. The maximum absolute atomic E-state index is 12.7. The van der Waals surface area contributed by atoms with Crippen molar-refractivity contribution in [1.29, 1.82) is 0 Å². The number of aryl methyl sites for hydroxylation is 2. The molecule has 29 heavy (non-hydrogen) atoms. The van der Waals surface area contributed by atoms with E-state index in [1.165, 1.54) is 49.7 Å². The van der Waals surface area contributed by atoms with Gasteiger partial charge in [0.05, 0.1) is 15.1 Å². The predicted molar refractivity (Wildman–Crippen MR) is 117 cm³/mol. The second-order valence-electron chi connectivity index (χ2n) is 6.94. The van der Waals surface area contributed by atoms with Crippen molar-refractivity contribution in [2.45, 2.75) is 25.3 Å². The molecule has 0 radical (unpaired) electrons. The van der Waals surface area contributed by atoms with Crippen molar-refractivity contribution in [1.82, 2.24) is 8.87 Å². The number of carbonyl (C=O) groups excluding carboxylic acids is 1. The molecule has 2 aromatic carbocycles. The molecule has 0 N–H and O–H groups in total. The van der Waals surface area contributed by atoms with Gasteiger partial charge in [0, 0.05) is 26.2 Å². The minimum Gasteiger partial charge on any atom is -0.312 e. The summed E-state index contributed by atoms with van der Waals surface area (Å²) in [6, 6.07) is 10.0. The molecule has 3 rings (SSSR count). The third-order valence-corrected chi connectivity index (χ3v) is 7.36. The first-order valence-corrected chi connectivity index (χ1v) is 11.2. The molecule has 1 amide bonds. The Kier molecular flexibility index (Phi) is 5.88. The fourth-order valence-corrected chi connectivity index (χ4v) is 5.22. The Balaban J connectivity index is 2.07. The SMILES string of the molecule is C=CCn1c(=NC(=O)c2ccc(S(=O)(=O)N(C)C)cc2)sc2cc(C)cc(C)c21. The molecular weight excluding hydrogens is 406 g/mol. The number of hydrogen-bond acceptors (Lipinski definition) is 4. The maximum atomic E-state index is 12.7. The van der Waals surface area contributed by atoms with Gasteiger partial charge >= 0.3 is 0 Å². The fraction of sp³-hybridized carbons (Fsp3) is 0.238. The molecule has 0 atom stereocenters. The van der Waals surface area contributed by atoms with Gasteiger partial charge in [-0.1, -0.05) is 23.5 Å². The smallest absolute Gasteiger partial charge is 0.279 e. The molecule has 0 aliphatic rings. The molecule has 1 heterocycles. The van der Waals surface area contributed by atoms with Gasteiger partial charge in [0.2, 0.25) is 10.0 Å². The number of aromatic nitrogens is 1. The van der Waals surface area contributed by atoms with E-state index >= 15 is 0 Å². The van der Waals surface area contributed by atoms with Crippen LogP contribution in [0.4, 0.5) is 0 Å². The van der Waals surface area contributed by atoms with E-state index in [4.69, 9.17) is 0 Å². The zero-order chi connectivity index (χ0) is 21.3. The summed E-state index contributed by atoms with van der Waals surface area (Å²) in [6.07, 6.45) is 1.77. The van der Waals surface area contributed by atoms with Crippen molar-refractivity contribution in [3.8, 4) is 0 Å². The minimum atomic E-state index is -3.54. The first-order chi connectivity index (χ1) is 13.6. The number of hydrogen-bond donors (Lipinski definition) is 0. The second kappa shape index (κ2) is 8.06. The van der Waals surface area contributed by atoms with Crippen molar-refractivity contribution in [3.05, 3.63) is 70.5 Å². The van der Waals surface area contributed by atoms with Crippen LogP contribution in [0.3, 0.4) is 0 Å². The lowest BCUT2D eigenvalue weighted by Gasteiger charge is -2.11. The van der Waals surface area contributed by atoms with Gasteiger partial charge in [-0.15, -0.1) is 6.58 Å². The van der Waals surface area contributed by atoms with E-state index in [-0.39, 0.29) is 4.90 Å². The number of benzene rings is 2. The molecule has 0 aliphatic carbocycles. The van der Waals surface area contributed by atoms with Gasteiger partial charge in [-0.05, 0) is 55.3 Å². The Labute approximate surface area is 174 Å². The van der Waals surface area contributed by atoms with Crippen LogP contribution in [0, 0.1) is 13.8 Å². The molecule has 3 aromatic rings. The highest BCUT2D eigenvalue weighted by molar-refractivity contribution is 7.89. The normalized spacial score (nSPS) is 12.7. The second-order valence-corrected chi connectivity index (χ2v) is 10.1. The first kappa shape index (κ1) is 21.2. The van der Waals surface area contributed by atoms with Crippen LogP contribution in [0.5, 0.6) is 0 Å². The van der Waals surface area contributed by atoms with E-state index in [0.717, 1.165) is 25.6 Å². The minimum absolute atomic E-state index is 0.133. The summed E-state index contributed by atoms with van der Waals surface area (Å²) < 4.78 is 28.5. The number of nitrogens with zero attached hydrogens (tertiary/aromatic N) is 3. The molecule has 0 unspecified atom stereocenters. The number of fused-ring (bicyclic) bond motifs is 1. The molecule has 0 bridgehead atoms. The third kappa shape index (κ3) is 4.10. The van der Waals surface area contributed by atoms with E-state index in [1.807, 2.05) is 18.4 Å². The van der Waals surface area contributed by atoms with Crippen LogP contribution in [-0.2, 0) is 16.6 Å². The predicted octanol–water partition coefficient (Wildman–Crippen LogP) is 3.50. The van der Waals surface area contributed by atoms with Gasteiger partial charge in [0.25, 0.3) is 5.91 Å². The van der Waals surface area contributed by atoms with Gasteiger partial charge in [0.1, 0.15) is 0 Å². The highest BCUT2D eigenvalue weighted by Crippen LogP contribution is 2.23. The average Bonchev–Trinajstić information content (AvgIpc) is 2.99. The number of allylic oxidation sites excluding steroid dienone is 1. The summed E-state index contributed by atoms with van der Waals surface area (Å²) >= 11 is 1.45. The van der Waals surface area contributed by atoms with Crippen molar-refractivity contribution in [2.75, 3.05) is 14.1 Å². The Bertz CT molecular complexity index is 1260. The Morgan fingerprint density at radius 1 is 1.21 bits per heavy atom. The van der Waals surface area contributed by atoms with Crippen LogP contribution in [0.25, 0.3) is 10.2 Å². The molecule has 0 saturated carbocycles. The standard InChI is InChI=1S/C21H23N3O3S2/c1-6-11-24-19-15(3)12-14(2)13-18(19)28-21(24)22-20(25)16-7-9-17(10-8-16)29(26,27)23(4)5/h6-10,12-13H,1,11H2,2-5H3. The lowest BCUT2D eigenvalue weighted by molar-refractivity contribution is 0.0998. The molecule has 8 heteroatoms. The van der Waals surface area contributed by atoms with Gasteiger partial charge in [-0.2, -0.15) is 4.99 Å². The zero-order valence-corrected chi connectivity index (χ0v) is 18.5. The summed E-state index contributed by atoms with van der Waals surface area (Å²) in [5, 5.41) is 0. The fourth-order valence-electron chi connectivity index (χ4n) is 3.11. The summed E-state index contributed by atoms with van der Waals surface area (Å²) in [5.41, 5.74) is 3.64. The molecule has 0 spiro atoms. The monoisotopic (exact) mass is 429 g/mol. The molecule has 0 saturated heterocycles. The number of amides is 1. The Morgan fingerprint density at radius 3 is 2.45 bits per heavy atom. The average molecular weight is 430 g/mol. The lowest BCUT2D eigenvalue weighted by Crippen LogP contribution is -2.22. The number of thiazole rings is 1. The highest BCUT2D eigenvalue weighted by Gasteiger charge is 2.17. The van der Waals surface area contributed by atoms with Crippen molar-refractivity contribution in [2.24, 2.45) is 4.99 Å². The first-order valence-electron chi connectivity index (χ1n) is 8.98. The van der Waals surface area contributed by atoms with Crippen molar-refractivity contribution < 1.29 is 13.2 Å². The third-order valence-electron chi connectivity index (χ3n) is 4.50. The van der Waals surface area contributed by atoms with E-state index in [1.54, 1.807) is 6.08 Å². The van der Waals surface area contributed by atoms with Crippen LogP contribution in [0.2, 0.25) is 0 Å². The van der Waals surface area contributed by atoms with Crippen LogP contribution < -0.4 is 4.80 Å². The van der Waals surface area contributed by atoms with E-state index in [2.05, 4.69) is 23.7 Å². The summed E-state index contributed by atoms with van der Waals surface area (Å²) in [5.74, 6) is -0.419. The molecule has 6 nitrogen and oxygen atoms in total. The van der Waals surface area contributed by atoms with Gasteiger partial charge in [-0.3, -0.25) is 4.79 Å². The molecule has 0 aliphatic heterocycles. The maximum Gasteiger partial charge on any atom is 0.279 e. The topological polar surface area (TPSA) is 71.7 Å². The Morgan fingerprint density at radius 2 is 1.86 bits per heavy atom. The van der Waals surface area contributed by atoms with Crippen LogP contribution in [0.1, 0.15) is 21.5 Å². The van der Waals surface area contributed by atoms with E-state index < -0.39 is 15.9 Å². The molecular formula is C21H23N3O3S2. The van der Waals surface area contributed by atoms with Crippen LogP contribution in [0.15, 0.2) is 58.9 Å². The summed E-state index contributed by atoms with van der Waals surface area (Å²) in [6.45, 7) is 8.42. The van der Waals surface area contributed by atoms with Crippen LogP contribution in [-0.4, -0.2) is 37.3 Å². The largest absolute Gasteiger partial charge is 0.312 e. The number of rotatable bonds is 5. The zero-order valence-electron chi connectivity index (χ0n) is 16.8. The van der Waals surface area contributed by atoms with Gasteiger partial charge < -0.3 is 4.57 Å². The quantitative estimate of drug-likeness (QED) is 0.583. The summed E-state index contributed by atoms with van der Waals surface area (Å²) in [7, 11) is -0.609. The van der Waals surface area contributed by atoms with E-state index in [9.17, 15) is 13.2 Å². The summed E-state index contributed by atoms with van der Waals surface area (Å²) in [4.78, 5) is 17.8. The molecule has 1 aromatic heterocycles.